The molecule has 14 heavy (non-hydrogen) atoms. The molecule has 0 aliphatic heterocycles. The number of hydrogen-bond donors (Lipinski definition) is 0. The largest absolute Gasteiger partial charge is 0.353 e. The molecule has 4 heteroatoms. The predicted octanol–water partition coefficient (Wildman–Crippen LogP) is 0.779. The van der Waals surface area contributed by atoms with Crippen molar-refractivity contribution in [1.29, 1.82) is 0 Å². The second kappa shape index (κ2) is 4.60. The summed E-state index contributed by atoms with van der Waals surface area (Å²) in [5.41, 5.74) is 0.641. The summed E-state index contributed by atoms with van der Waals surface area (Å²) in [6.45, 7) is 0.616. The van der Waals surface area contributed by atoms with E-state index in [1.54, 1.807) is 37.5 Å². The van der Waals surface area contributed by atoms with Crippen LogP contribution in [0.4, 0.5) is 0 Å². The second-order valence-electron chi connectivity index (χ2n) is 3.34. The Bertz CT molecular complexity index is 329. The minimum Gasteiger partial charge on any atom is -0.353 e. The summed E-state index contributed by atoms with van der Waals surface area (Å²) in [4.78, 5) is 23.2. The Labute approximate surface area is 83.1 Å². The molecule has 0 fully saturated rings. The smallest absolute Gasteiger partial charge is 0.223 e. The Morgan fingerprint density at radius 3 is 2.79 bits per heavy atom. The van der Waals surface area contributed by atoms with Crippen molar-refractivity contribution >= 4 is 12.2 Å². The Balaban J connectivity index is 2.45. The summed E-state index contributed by atoms with van der Waals surface area (Å²) in [5.74, 6) is 0.0892. The number of nitrogens with zero attached hydrogens (tertiary/aromatic N) is 2. The molecule has 1 aromatic heterocycles. The summed E-state index contributed by atoms with van der Waals surface area (Å²) in [6.07, 6.45) is 4.78. The van der Waals surface area contributed by atoms with Gasteiger partial charge in [0.2, 0.25) is 5.91 Å². The van der Waals surface area contributed by atoms with Gasteiger partial charge in [-0.2, -0.15) is 0 Å². The quantitative estimate of drug-likeness (QED) is 0.665. The van der Waals surface area contributed by atoms with Crippen LogP contribution in [-0.4, -0.2) is 35.8 Å². The van der Waals surface area contributed by atoms with Gasteiger partial charge in [0.05, 0.1) is 0 Å². The van der Waals surface area contributed by atoms with Gasteiger partial charge < -0.3 is 9.47 Å². The molecule has 0 aromatic carbocycles. The normalized spacial score (nSPS) is 9.86. The molecule has 0 N–H and O–H groups in total. The summed E-state index contributed by atoms with van der Waals surface area (Å²) in [7, 11) is 3.46. The zero-order chi connectivity index (χ0) is 10.6. The molecule has 0 atom stereocenters. The van der Waals surface area contributed by atoms with Crippen molar-refractivity contribution in [2.24, 2.45) is 0 Å². The lowest BCUT2D eigenvalue weighted by molar-refractivity contribution is -0.128. The van der Waals surface area contributed by atoms with Gasteiger partial charge in [-0.05, 0) is 6.07 Å². The fraction of sp³-hybridized carbons (Fsp3) is 0.400. The SMILES string of the molecule is CN(C)C(=O)CCn1ccc(C=O)c1. The highest BCUT2D eigenvalue weighted by Crippen LogP contribution is 2.00. The van der Waals surface area contributed by atoms with Gasteiger partial charge in [-0.15, -0.1) is 0 Å². The number of aryl methyl sites for hydroxylation is 1. The number of rotatable bonds is 4. The lowest BCUT2D eigenvalue weighted by atomic mass is 10.4. The topological polar surface area (TPSA) is 42.3 Å². The van der Waals surface area contributed by atoms with Gasteiger partial charge in [0.25, 0.3) is 0 Å². The molecule has 0 radical (unpaired) electrons. The van der Waals surface area contributed by atoms with E-state index in [-0.39, 0.29) is 5.91 Å². The van der Waals surface area contributed by atoms with E-state index in [4.69, 9.17) is 0 Å². The van der Waals surface area contributed by atoms with E-state index in [2.05, 4.69) is 0 Å². The molecule has 0 saturated carbocycles. The molecule has 1 rings (SSSR count). The molecule has 1 heterocycles. The average molecular weight is 194 g/mol. The van der Waals surface area contributed by atoms with Crippen LogP contribution in [0.15, 0.2) is 18.5 Å². The Kier molecular flexibility index (Phi) is 3.45. The molecule has 0 aliphatic carbocycles. The van der Waals surface area contributed by atoms with E-state index < -0.39 is 0 Å². The number of carbonyl (C=O) groups is 2. The molecule has 0 bridgehead atoms. The first-order chi connectivity index (χ1) is 6.63. The van der Waals surface area contributed by atoms with Crippen molar-refractivity contribution in [3.05, 3.63) is 24.0 Å². The minimum absolute atomic E-state index is 0.0892. The van der Waals surface area contributed by atoms with E-state index in [9.17, 15) is 9.59 Å². The van der Waals surface area contributed by atoms with Crippen LogP contribution >= 0.6 is 0 Å². The Hall–Kier alpha value is -1.58. The zero-order valence-electron chi connectivity index (χ0n) is 8.43. The first-order valence-corrected chi connectivity index (χ1v) is 4.44. The number of aldehydes is 1. The maximum atomic E-state index is 11.2. The lowest BCUT2D eigenvalue weighted by Gasteiger charge is -2.09. The molecule has 0 saturated heterocycles. The summed E-state index contributed by atoms with van der Waals surface area (Å²) < 4.78 is 1.84. The first-order valence-electron chi connectivity index (χ1n) is 4.44. The number of amides is 1. The fourth-order valence-corrected chi connectivity index (χ4v) is 1.12. The molecule has 0 aliphatic rings. The summed E-state index contributed by atoms with van der Waals surface area (Å²) in [6, 6.07) is 1.73. The third-order valence-electron chi connectivity index (χ3n) is 1.99. The fourth-order valence-electron chi connectivity index (χ4n) is 1.12. The standard InChI is InChI=1S/C10H14N2O2/c1-11(2)10(14)4-6-12-5-3-9(7-12)8-13/h3,5,7-8H,4,6H2,1-2H3. The molecule has 1 aromatic rings. The van der Waals surface area contributed by atoms with E-state index in [0.717, 1.165) is 6.29 Å². The van der Waals surface area contributed by atoms with Crippen LogP contribution in [-0.2, 0) is 11.3 Å². The van der Waals surface area contributed by atoms with Crippen molar-refractivity contribution in [2.75, 3.05) is 14.1 Å². The predicted molar refractivity (Wildman–Crippen MR) is 53.1 cm³/mol. The van der Waals surface area contributed by atoms with Crippen LogP contribution in [0.25, 0.3) is 0 Å². The van der Waals surface area contributed by atoms with Crippen molar-refractivity contribution in [3.63, 3.8) is 0 Å². The van der Waals surface area contributed by atoms with Gasteiger partial charge in [-0.1, -0.05) is 0 Å². The lowest BCUT2D eigenvalue weighted by Crippen LogP contribution is -2.22. The highest BCUT2D eigenvalue weighted by atomic mass is 16.2. The molecular weight excluding hydrogens is 180 g/mol. The third kappa shape index (κ3) is 2.73. The van der Waals surface area contributed by atoms with Gasteiger partial charge in [-0.25, -0.2) is 0 Å². The van der Waals surface area contributed by atoms with Gasteiger partial charge in [-0.3, -0.25) is 9.59 Å². The molecule has 1 amide bonds. The van der Waals surface area contributed by atoms with Gasteiger partial charge in [0.15, 0.2) is 6.29 Å². The van der Waals surface area contributed by atoms with Crippen LogP contribution < -0.4 is 0 Å². The third-order valence-corrected chi connectivity index (χ3v) is 1.99. The first kappa shape index (κ1) is 10.5. The van der Waals surface area contributed by atoms with Gasteiger partial charge in [0, 0.05) is 45.0 Å². The van der Waals surface area contributed by atoms with Crippen LogP contribution in [0.5, 0.6) is 0 Å². The van der Waals surface area contributed by atoms with E-state index in [1.807, 2.05) is 4.57 Å². The Morgan fingerprint density at radius 2 is 2.29 bits per heavy atom. The van der Waals surface area contributed by atoms with Crippen LogP contribution in [0.2, 0.25) is 0 Å². The second-order valence-corrected chi connectivity index (χ2v) is 3.34. The molecule has 0 spiro atoms. The van der Waals surface area contributed by atoms with Gasteiger partial charge in [0.1, 0.15) is 0 Å². The van der Waals surface area contributed by atoms with Crippen molar-refractivity contribution in [3.8, 4) is 0 Å². The summed E-state index contributed by atoms with van der Waals surface area (Å²) >= 11 is 0. The van der Waals surface area contributed by atoms with Crippen molar-refractivity contribution in [1.82, 2.24) is 9.47 Å². The van der Waals surface area contributed by atoms with E-state index in [1.165, 1.54) is 0 Å². The Morgan fingerprint density at radius 1 is 1.57 bits per heavy atom. The highest BCUT2D eigenvalue weighted by Gasteiger charge is 2.03. The maximum absolute atomic E-state index is 11.2. The van der Waals surface area contributed by atoms with E-state index >= 15 is 0 Å². The summed E-state index contributed by atoms with van der Waals surface area (Å²) in [5, 5.41) is 0. The average Bonchev–Trinajstić information content (AvgIpc) is 2.61. The molecule has 76 valence electrons. The van der Waals surface area contributed by atoms with Gasteiger partial charge >= 0.3 is 0 Å². The van der Waals surface area contributed by atoms with E-state index in [0.29, 0.717) is 18.5 Å². The number of carbonyl (C=O) groups excluding carboxylic acids is 2. The zero-order valence-corrected chi connectivity index (χ0v) is 8.43. The van der Waals surface area contributed by atoms with Crippen LogP contribution in [0.1, 0.15) is 16.8 Å². The minimum atomic E-state index is 0.0892. The number of aromatic nitrogens is 1. The monoisotopic (exact) mass is 194 g/mol. The van der Waals surface area contributed by atoms with Crippen molar-refractivity contribution < 1.29 is 9.59 Å². The van der Waals surface area contributed by atoms with Crippen LogP contribution in [0.3, 0.4) is 0 Å². The molecule has 4 nitrogen and oxygen atoms in total. The van der Waals surface area contributed by atoms with Crippen LogP contribution in [0, 0.1) is 0 Å². The highest BCUT2D eigenvalue weighted by molar-refractivity contribution is 5.75. The molecular formula is C10H14N2O2. The van der Waals surface area contributed by atoms with Crippen molar-refractivity contribution in [2.45, 2.75) is 13.0 Å². The number of hydrogen-bond acceptors (Lipinski definition) is 2. The molecule has 0 unspecified atom stereocenters. The maximum Gasteiger partial charge on any atom is 0.223 e.